The highest BCUT2D eigenvalue weighted by Crippen LogP contribution is 2.25. The van der Waals surface area contributed by atoms with Gasteiger partial charge in [0, 0.05) is 51.5 Å². The van der Waals surface area contributed by atoms with Crippen LogP contribution in [0, 0.1) is 11.7 Å². The van der Waals surface area contributed by atoms with Crippen LogP contribution in [-0.2, 0) is 0 Å². The van der Waals surface area contributed by atoms with Gasteiger partial charge in [-0.25, -0.2) is 9.18 Å². The summed E-state index contributed by atoms with van der Waals surface area (Å²) >= 11 is 0. The van der Waals surface area contributed by atoms with Crippen molar-refractivity contribution in [3.8, 4) is 11.6 Å². The van der Waals surface area contributed by atoms with Gasteiger partial charge in [-0.15, -0.1) is 17.5 Å². The molecule has 1 aromatic carbocycles. The number of benzene rings is 1. The molecular weight excluding hydrogens is 529 g/mol. The van der Waals surface area contributed by atoms with Crippen molar-refractivity contribution < 1.29 is 18.7 Å². The molecule has 1 atom stereocenters. The molecule has 2 aliphatic heterocycles. The number of furan rings is 1. The molecule has 39 heavy (non-hydrogen) atoms. The van der Waals surface area contributed by atoms with Crippen LogP contribution in [-0.4, -0.2) is 86.4 Å². The van der Waals surface area contributed by atoms with E-state index in [1.807, 2.05) is 4.90 Å². The Balaban J connectivity index is 0.00000308. The van der Waals surface area contributed by atoms with Gasteiger partial charge in [0.25, 0.3) is 5.78 Å². The molecule has 2 fully saturated rings. The first kappa shape index (κ1) is 26.6. The number of hydrogen-bond acceptors (Lipinski definition) is 10. The summed E-state index contributed by atoms with van der Waals surface area (Å²) in [5.74, 6) is 0.851. The Kier molecular flexibility index (Phi) is 7.53. The summed E-state index contributed by atoms with van der Waals surface area (Å²) < 4.78 is 20.8. The highest BCUT2D eigenvalue weighted by molar-refractivity contribution is 5.89. The van der Waals surface area contributed by atoms with Gasteiger partial charge in [-0.2, -0.15) is 19.5 Å². The number of piperazine rings is 1. The second-order valence-electron chi connectivity index (χ2n) is 9.75. The second kappa shape index (κ2) is 11.0. The highest BCUT2D eigenvalue weighted by atomic mass is 35.5. The standard InChI is InChI=1S/C25H28FN9O3.ClH/c26-18-11-17(22(36)37)12-19(13-18)33-8-6-32(7-9-33)14-16-3-1-5-34(15-16)24-29-23(27)35-25(30-24)28-21(31-35)20-4-2-10-38-20;/h2,4,10-13,16H,1,3,5-9,14-15H2,(H,36,37)(H2,27,28,29,30,31);1H/t16-;/m0./s1. The maximum absolute atomic E-state index is 13.9. The summed E-state index contributed by atoms with van der Waals surface area (Å²) in [6.07, 6.45) is 3.68. The van der Waals surface area contributed by atoms with E-state index < -0.39 is 11.8 Å². The van der Waals surface area contributed by atoms with Gasteiger partial charge in [-0.1, -0.05) is 0 Å². The zero-order chi connectivity index (χ0) is 26.2. The Bertz CT molecular complexity index is 1460. The van der Waals surface area contributed by atoms with Gasteiger partial charge in [0.15, 0.2) is 5.76 Å². The maximum Gasteiger partial charge on any atom is 0.335 e. The Morgan fingerprint density at radius 2 is 1.92 bits per heavy atom. The number of nitrogens with zero attached hydrogens (tertiary/aromatic N) is 8. The van der Waals surface area contributed by atoms with E-state index in [9.17, 15) is 14.3 Å². The van der Waals surface area contributed by atoms with E-state index in [1.54, 1.807) is 18.4 Å². The van der Waals surface area contributed by atoms with Gasteiger partial charge < -0.3 is 25.1 Å². The number of carbonyl (C=O) groups is 1. The molecule has 0 unspecified atom stereocenters. The summed E-state index contributed by atoms with van der Waals surface area (Å²) in [4.78, 5) is 31.5. The van der Waals surface area contributed by atoms with Crippen molar-refractivity contribution >= 4 is 41.7 Å². The van der Waals surface area contributed by atoms with Crippen LogP contribution in [0.15, 0.2) is 41.0 Å². The molecule has 6 rings (SSSR count). The number of piperidine rings is 1. The number of aromatic carboxylic acids is 1. The lowest BCUT2D eigenvalue weighted by molar-refractivity contribution is 0.0696. The first-order valence-electron chi connectivity index (χ1n) is 12.6. The highest BCUT2D eigenvalue weighted by Gasteiger charge is 2.27. The molecule has 4 aromatic rings. The Morgan fingerprint density at radius 1 is 1.10 bits per heavy atom. The maximum atomic E-state index is 13.9. The molecule has 14 heteroatoms. The Labute approximate surface area is 229 Å². The molecule has 0 amide bonds. The average molecular weight is 558 g/mol. The van der Waals surface area contributed by atoms with Crippen LogP contribution >= 0.6 is 12.4 Å². The lowest BCUT2D eigenvalue weighted by Crippen LogP contribution is -2.50. The normalized spacial score (nSPS) is 18.3. The van der Waals surface area contributed by atoms with Gasteiger partial charge in [0.05, 0.1) is 11.8 Å². The summed E-state index contributed by atoms with van der Waals surface area (Å²) in [7, 11) is 0. The predicted octanol–water partition coefficient (Wildman–Crippen LogP) is 2.66. The van der Waals surface area contributed by atoms with Crippen LogP contribution in [0.4, 0.5) is 22.0 Å². The fourth-order valence-electron chi connectivity index (χ4n) is 5.28. The van der Waals surface area contributed by atoms with Crippen LogP contribution in [0.3, 0.4) is 0 Å². The van der Waals surface area contributed by atoms with Gasteiger partial charge in [0.2, 0.25) is 17.7 Å². The minimum atomic E-state index is -1.13. The van der Waals surface area contributed by atoms with Crippen LogP contribution in [0.1, 0.15) is 23.2 Å². The summed E-state index contributed by atoms with van der Waals surface area (Å²) in [6, 6.07) is 7.53. The van der Waals surface area contributed by atoms with Crippen molar-refractivity contribution in [2.75, 3.05) is 61.3 Å². The third kappa shape index (κ3) is 5.59. The largest absolute Gasteiger partial charge is 0.478 e. The molecule has 0 bridgehead atoms. The van der Waals surface area contributed by atoms with E-state index in [0.717, 1.165) is 51.6 Å². The van der Waals surface area contributed by atoms with Gasteiger partial charge in [0.1, 0.15) is 5.82 Å². The summed E-state index contributed by atoms with van der Waals surface area (Å²) in [5.41, 5.74) is 6.77. The molecule has 5 heterocycles. The molecular formula is C25H29ClFN9O3. The molecule has 12 nitrogen and oxygen atoms in total. The molecule has 2 aliphatic rings. The number of hydrogen-bond donors (Lipinski definition) is 2. The fourth-order valence-corrected chi connectivity index (χ4v) is 5.28. The van der Waals surface area contributed by atoms with E-state index in [4.69, 9.17) is 10.2 Å². The predicted molar refractivity (Wildman–Crippen MR) is 145 cm³/mol. The van der Waals surface area contributed by atoms with E-state index in [1.165, 1.54) is 16.6 Å². The van der Waals surface area contributed by atoms with Crippen molar-refractivity contribution in [3.05, 3.63) is 48.0 Å². The minimum Gasteiger partial charge on any atom is -0.478 e. The Hall–Kier alpha value is -3.97. The zero-order valence-electron chi connectivity index (χ0n) is 21.1. The number of nitrogen functional groups attached to an aromatic ring is 1. The molecule has 3 N–H and O–H groups in total. The monoisotopic (exact) mass is 557 g/mol. The summed E-state index contributed by atoms with van der Waals surface area (Å²) in [6.45, 7) is 5.63. The molecule has 3 aromatic heterocycles. The lowest BCUT2D eigenvalue weighted by Gasteiger charge is -2.40. The van der Waals surface area contributed by atoms with Crippen molar-refractivity contribution in [3.63, 3.8) is 0 Å². The van der Waals surface area contributed by atoms with Gasteiger partial charge in [-0.05, 0) is 49.1 Å². The number of carboxylic acids is 1. The van der Waals surface area contributed by atoms with Crippen molar-refractivity contribution in [1.82, 2.24) is 29.5 Å². The average Bonchev–Trinajstić information content (AvgIpc) is 3.59. The van der Waals surface area contributed by atoms with Crippen LogP contribution in [0.2, 0.25) is 0 Å². The molecule has 2 saturated heterocycles. The number of anilines is 3. The molecule has 206 valence electrons. The van der Waals surface area contributed by atoms with E-state index in [-0.39, 0.29) is 23.9 Å². The first-order chi connectivity index (χ1) is 18.4. The molecule has 0 radical (unpaired) electrons. The van der Waals surface area contributed by atoms with E-state index in [2.05, 4.69) is 29.9 Å². The number of halogens is 2. The van der Waals surface area contributed by atoms with Crippen molar-refractivity contribution in [1.29, 1.82) is 0 Å². The molecule has 0 spiro atoms. The number of rotatable bonds is 6. The SMILES string of the molecule is Cl.Nc1nc(N2CCC[C@@H](CN3CCN(c4cc(F)cc(C(=O)O)c4)CC3)C2)nc2nc(-c3ccco3)nn12. The zero-order valence-corrected chi connectivity index (χ0v) is 21.9. The quantitative estimate of drug-likeness (QED) is 0.361. The smallest absolute Gasteiger partial charge is 0.335 e. The van der Waals surface area contributed by atoms with Crippen LogP contribution in [0.25, 0.3) is 17.4 Å². The topological polar surface area (TPSA) is 142 Å². The number of carboxylic acid groups (broad SMARTS) is 1. The first-order valence-corrected chi connectivity index (χ1v) is 12.6. The van der Waals surface area contributed by atoms with E-state index >= 15 is 0 Å². The van der Waals surface area contributed by atoms with Crippen LogP contribution < -0.4 is 15.5 Å². The molecule has 0 saturated carbocycles. The number of fused-ring (bicyclic) bond motifs is 1. The summed E-state index contributed by atoms with van der Waals surface area (Å²) in [5, 5.41) is 13.6. The fraction of sp³-hybridized carbons (Fsp3) is 0.400. The van der Waals surface area contributed by atoms with Gasteiger partial charge in [-0.3, -0.25) is 4.90 Å². The third-order valence-electron chi connectivity index (χ3n) is 7.15. The van der Waals surface area contributed by atoms with Crippen molar-refractivity contribution in [2.24, 2.45) is 5.92 Å². The number of nitrogens with two attached hydrogens (primary N) is 1. The number of aromatic nitrogens is 5. The van der Waals surface area contributed by atoms with Crippen molar-refractivity contribution in [2.45, 2.75) is 12.8 Å². The van der Waals surface area contributed by atoms with Gasteiger partial charge >= 0.3 is 5.97 Å². The Morgan fingerprint density at radius 3 is 2.67 bits per heavy atom. The van der Waals surface area contributed by atoms with Crippen LogP contribution in [0.5, 0.6) is 0 Å². The second-order valence-corrected chi connectivity index (χ2v) is 9.75. The van der Waals surface area contributed by atoms with E-state index in [0.29, 0.717) is 48.0 Å². The third-order valence-corrected chi connectivity index (χ3v) is 7.15. The molecule has 0 aliphatic carbocycles. The lowest BCUT2D eigenvalue weighted by atomic mass is 9.97. The minimum absolute atomic E-state index is 0.